The van der Waals surface area contributed by atoms with Crippen molar-refractivity contribution in [3.63, 3.8) is 0 Å². The van der Waals surface area contributed by atoms with Gasteiger partial charge in [0.05, 0.1) is 33.2 Å². The van der Waals surface area contributed by atoms with Gasteiger partial charge in [-0.3, -0.25) is 4.79 Å². The van der Waals surface area contributed by atoms with Crippen LogP contribution in [0.3, 0.4) is 0 Å². The Bertz CT molecular complexity index is 666. The minimum absolute atomic E-state index is 0.0135. The highest BCUT2D eigenvalue weighted by atomic mass is 16.5. The quantitative estimate of drug-likeness (QED) is 0.804. The lowest BCUT2D eigenvalue weighted by Crippen LogP contribution is -2.33. The van der Waals surface area contributed by atoms with Crippen LogP contribution in [0.2, 0.25) is 0 Å². The average molecular weight is 333 g/mol. The Hall–Kier alpha value is -2.63. The van der Waals surface area contributed by atoms with Gasteiger partial charge >= 0.3 is 0 Å². The minimum atomic E-state index is -0.222. The molecule has 6 heteroatoms. The predicted octanol–water partition coefficient (Wildman–Crippen LogP) is 3.06. The van der Waals surface area contributed by atoms with Crippen LogP contribution in [0, 0.1) is 0 Å². The molecule has 1 atom stereocenters. The normalized spacial score (nSPS) is 11.7. The topological polar surface area (TPSA) is 69.9 Å². The van der Waals surface area contributed by atoms with Crippen molar-refractivity contribution in [2.45, 2.75) is 25.8 Å². The molecule has 1 N–H and O–H groups in total. The third-order valence-corrected chi connectivity index (χ3v) is 3.73. The molecule has 0 aliphatic rings. The summed E-state index contributed by atoms with van der Waals surface area (Å²) in [7, 11) is 4.57. The van der Waals surface area contributed by atoms with E-state index < -0.39 is 0 Å². The van der Waals surface area contributed by atoms with Gasteiger partial charge in [0.1, 0.15) is 11.5 Å². The molecule has 0 fully saturated rings. The minimum Gasteiger partial charge on any atom is -0.496 e. The summed E-state index contributed by atoms with van der Waals surface area (Å²) in [5, 5.41) is 2.97. The lowest BCUT2D eigenvalue weighted by molar-refractivity contribution is 0.0934. The van der Waals surface area contributed by atoms with Crippen LogP contribution in [0.5, 0.6) is 17.2 Å². The monoisotopic (exact) mass is 333 g/mol. The number of ether oxygens (including phenoxy) is 3. The van der Waals surface area contributed by atoms with Crippen molar-refractivity contribution in [1.82, 2.24) is 5.32 Å². The van der Waals surface area contributed by atoms with E-state index in [0.717, 1.165) is 18.6 Å². The second-order valence-electron chi connectivity index (χ2n) is 5.40. The first-order valence-corrected chi connectivity index (χ1v) is 7.72. The second kappa shape index (κ2) is 8.29. The maximum absolute atomic E-state index is 12.6. The fraction of sp³-hybridized carbons (Fsp3) is 0.389. The number of furan rings is 1. The van der Waals surface area contributed by atoms with Crippen LogP contribution < -0.4 is 19.5 Å². The molecule has 0 saturated heterocycles. The standard InChI is InChI=1S/C18H23NO5/c1-12(7-8-13-6-5-9-24-13)19-18(20)14-10-16(22-3)17(23-4)11-15(14)21-2/h5-6,9-12H,7-8H2,1-4H3,(H,19,20). The number of amides is 1. The first-order chi connectivity index (χ1) is 11.6. The summed E-state index contributed by atoms with van der Waals surface area (Å²) in [5.74, 6) is 2.10. The van der Waals surface area contributed by atoms with Gasteiger partial charge in [-0.2, -0.15) is 0 Å². The van der Waals surface area contributed by atoms with E-state index in [9.17, 15) is 4.79 Å². The highest BCUT2D eigenvalue weighted by Gasteiger charge is 2.19. The van der Waals surface area contributed by atoms with Gasteiger partial charge in [0.15, 0.2) is 11.5 Å². The largest absolute Gasteiger partial charge is 0.496 e. The molecule has 0 aliphatic carbocycles. The van der Waals surface area contributed by atoms with Crippen LogP contribution in [0.25, 0.3) is 0 Å². The van der Waals surface area contributed by atoms with Crippen molar-refractivity contribution < 1.29 is 23.4 Å². The van der Waals surface area contributed by atoms with Crippen molar-refractivity contribution in [3.8, 4) is 17.2 Å². The molecule has 1 aromatic carbocycles. The molecular formula is C18H23NO5. The molecule has 24 heavy (non-hydrogen) atoms. The van der Waals surface area contributed by atoms with E-state index in [4.69, 9.17) is 18.6 Å². The van der Waals surface area contributed by atoms with Crippen LogP contribution in [0.15, 0.2) is 34.9 Å². The first-order valence-electron chi connectivity index (χ1n) is 7.72. The zero-order valence-electron chi connectivity index (χ0n) is 14.4. The molecule has 0 aliphatic heterocycles. The SMILES string of the molecule is COc1cc(OC)c(C(=O)NC(C)CCc2ccco2)cc1OC. The smallest absolute Gasteiger partial charge is 0.255 e. The van der Waals surface area contributed by atoms with Gasteiger partial charge in [0.2, 0.25) is 0 Å². The number of benzene rings is 1. The molecule has 0 spiro atoms. The van der Waals surface area contributed by atoms with Gasteiger partial charge in [-0.05, 0) is 25.5 Å². The van der Waals surface area contributed by atoms with Crippen molar-refractivity contribution in [3.05, 3.63) is 41.9 Å². The number of methoxy groups -OCH3 is 3. The van der Waals surface area contributed by atoms with Gasteiger partial charge in [0.25, 0.3) is 5.91 Å². The summed E-state index contributed by atoms with van der Waals surface area (Å²) < 4.78 is 21.1. The highest BCUT2D eigenvalue weighted by Crippen LogP contribution is 2.34. The molecule has 6 nitrogen and oxygen atoms in total. The summed E-state index contributed by atoms with van der Waals surface area (Å²) in [4.78, 5) is 12.6. The number of carbonyl (C=O) groups is 1. The zero-order chi connectivity index (χ0) is 17.5. The number of hydrogen-bond donors (Lipinski definition) is 1. The van der Waals surface area contributed by atoms with Crippen molar-refractivity contribution in [1.29, 1.82) is 0 Å². The number of rotatable bonds is 8. The molecular weight excluding hydrogens is 310 g/mol. The Balaban J connectivity index is 2.07. The van der Waals surface area contributed by atoms with Crippen LogP contribution in [0.4, 0.5) is 0 Å². The first kappa shape index (κ1) is 17.7. The summed E-state index contributed by atoms with van der Waals surface area (Å²) in [6.07, 6.45) is 3.18. The van der Waals surface area contributed by atoms with Crippen molar-refractivity contribution in [2.75, 3.05) is 21.3 Å². The molecule has 0 saturated carbocycles. The third kappa shape index (κ3) is 4.22. The van der Waals surface area contributed by atoms with Gasteiger partial charge in [0, 0.05) is 24.6 Å². The number of nitrogens with one attached hydrogen (secondary N) is 1. The van der Waals surface area contributed by atoms with E-state index in [-0.39, 0.29) is 11.9 Å². The van der Waals surface area contributed by atoms with Crippen molar-refractivity contribution in [2.24, 2.45) is 0 Å². The fourth-order valence-corrected chi connectivity index (χ4v) is 2.39. The Morgan fingerprint density at radius 1 is 1.12 bits per heavy atom. The van der Waals surface area contributed by atoms with E-state index in [1.165, 1.54) is 21.3 Å². The van der Waals surface area contributed by atoms with E-state index in [1.54, 1.807) is 18.4 Å². The molecule has 2 rings (SSSR count). The molecule has 1 unspecified atom stereocenters. The summed E-state index contributed by atoms with van der Waals surface area (Å²) in [6, 6.07) is 7.02. The average Bonchev–Trinajstić information content (AvgIpc) is 3.12. The number of hydrogen-bond acceptors (Lipinski definition) is 5. The maximum Gasteiger partial charge on any atom is 0.255 e. The number of aryl methyl sites for hydroxylation is 1. The summed E-state index contributed by atoms with van der Waals surface area (Å²) in [5.41, 5.74) is 0.403. The molecule has 2 aromatic rings. The molecule has 0 radical (unpaired) electrons. The van der Waals surface area contributed by atoms with E-state index >= 15 is 0 Å². The lowest BCUT2D eigenvalue weighted by Gasteiger charge is -2.17. The second-order valence-corrected chi connectivity index (χ2v) is 5.40. The maximum atomic E-state index is 12.6. The molecule has 1 aromatic heterocycles. The van der Waals surface area contributed by atoms with Crippen LogP contribution >= 0.6 is 0 Å². The van der Waals surface area contributed by atoms with Gasteiger partial charge in [-0.25, -0.2) is 0 Å². The predicted molar refractivity (Wildman–Crippen MR) is 90.1 cm³/mol. The lowest BCUT2D eigenvalue weighted by atomic mass is 10.1. The fourth-order valence-electron chi connectivity index (χ4n) is 2.39. The Labute approximate surface area is 141 Å². The molecule has 0 bridgehead atoms. The van der Waals surface area contributed by atoms with Gasteiger partial charge in [-0.1, -0.05) is 0 Å². The third-order valence-electron chi connectivity index (χ3n) is 3.73. The van der Waals surface area contributed by atoms with Crippen molar-refractivity contribution >= 4 is 5.91 Å². The highest BCUT2D eigenvalue weighted by molar-refractivity contribution is 5.98. The van der Waals surface area contributed by atoms with E-state index in [2.05, 4.69) is 5.32 Å². The Morgan fingerprint density at radius 3 is 2.38 bits per heavy atom. The zero-order valence-corrected chi connectivity index (χ0v) is 14.4. The Morgan fingerprint density at radius 2 is 1.79 bits per heavy atom. The van der Waals surface area contributed by atoms with Crippen LogP contribution in [-0.2, 0) is 6.42 Å². The molecule has 1 heterocycles. The van der Waals surface area contributed by atoms with Gasteiger partial charge < -0.3 is 23.9 Å². The number of carbonyl (C=O) groups excluding carboxylic acids is 1. The Kier molecular flexibility index (Phi) is 6.12. The summed E-state index contributed by atoms with van der Waals surface area (Å²) >= 11 is 0. The van der Waals surface area contributed by atoms with Gasteiger partial charge in [-0.15, -0.1) is 0 Å². The molecule has 130 valence electrons. The molecule has 1 amide bonds. The summed E-state index contributed by atoms with van der Waals surface area (Å²) in [6.45, 7) is 1.95. The van der Waals surface area contributed by atoms with Crippen LogP contribution in [-0.4, -0.2) is 33.3 Å². The van der Waals surface area contributed by atoms with E-state index in [0.29, 0.717) is 22.8 Å². The van der Waals surface area contributed by atoms with Crippen LogP contribution in [0.1, 0.15) is 29.5 Å². The van der Waals surface area contributed by atoms with E-state index in [1.807, 2.05) is 19.1 Å².